The number of anilines is 2. The molecule has 0 saturated heterocycles. The van der Waals surface area contributed by atoms with Crippen molar-refractivity contribution in [3.63, 3.8) is 0 Å². The van der Waals surface area contributed by atoms with E-state index in [1.165, 1.54) is 27.9 Å². The van der Waals surface area contributed by atoms with Crippen molar-refractivity contribution in [2.75, 3.05) is 29.9 Å². The van der Waals surface area contributed by atoms with Crippen LogP contribution in [0.4, 0.5) is 16.2 Å². The van der Waals surface area contributed by atoms with Gasteiger partial charge in [-0.15, -0.1) is 6.58 Å². The van der Waals surface area contributed by atoms with Gasteiger partial charge in [-0.2, -0.15) is 0 Å². The minimum Gasteiger partial charge on any atom is -0.449 e. The number of carbonyl (C=O) groups excluding carboxylic acids is 1. The van der Waals surface area contributed by atoms with Crippen LogP contribution in [0.5, 0.6) is 0 Å². The lowest BCUT2D eigenvalue weighted by molar-refractivity contribution is 0.163. The first-order valence-electron chi connectivity index (χ1n) is 12.6. The Morgan fingerprint density at radius 1 is 0.943 bits per heavy atom. The summed E-state index contributed by atoms with van der Waals surface area (Å²) >= 11 is 0. The fraction of sp³-hybridized carbons (Fsp3) is 0.323. The van der Waals surface area contributed by atoms with Crippen LogP contribution in [-0.2, 0) is 15.6 Å². The zero-order valence-corrected chi connectivity index (χ0v) is 20.7. The van der Waals surface area contributed by atoms with E-state index in [4.69, 9.17) is 4.74 Å². The highest BCUT2D eigenvalue weighted by molar-refractivity contribution is 5.87. The summed E-state index contributed by atoms with van der Waals surface area (Å²) in [5.74, 6) is 0. The zero-order valence-electron chi connectivity index (χ0n) is 20.7. The number of hydrogen-bond acceptors (Lipinski definition) is 3. The van der Waals surface area contributed by atoms with Gasteiger partial charge in [-0.1, -0.05) is 80.6 Å². The number of ether oxygens (including phenoxy) is 1. The van der Waals surface area contributed by atoms with Crippen LogP contribution in [0, 0.1) is 0 Å². The summed E-state index contributed by atoms with van der Waals surface area (Å²) < 4.78 is 5.38. The van der Waals surface area contributed by atoms with Crippen LogP contribution < -0.4 is 10.2 Å². The first-order chi connectivity index (χ1) is 17.0. The Balaban J connectivity index is 1.67. The van der Waals surface area contributed by atoms with E-state index < -0.39 is 6.09 Å². The Morgan fingerprint density at radius 3 is 1.94 bits per heavy atom. The highest BCUT2D eigenvalue weighted by Crippen LogP contribution is 2.54. The van der Waals surface area contributed by atoms with Gasteiger partial charge in [0, 0.05) is 35.3 Å². The lowest BCUT2D eigenvalue weighted by Crippen LogP contribution is -2.47. The third-order valence-electron chi connectivity index (χ3n) is 8.00. The van der Waals surface area contributed by atoms with Crippen molar-refractivity contribution < 1.29 is 9.53 Å². The van der Waals surface area contributed by atoms with Crippen LogP contribution in [-0.4, -0.2) is 25.8 Å². The number of hydrogen-bond donors (Lipinski definition) is 1. The molecule has 0 unspecified atom stereocenters. The van der Waals surface area contributed by atoms with Crippen molar-refractivity contribution in [3.05, 3.63) is 108 Å². The highest BCUT2D eigenvalue weighted by Gasteiger charge is 2.45. The molecule has 0 radical (unpaired) electrons. The van der Waals surface area contributed by atoms with Crippen molar-refractivity contribution in [2.24, 2.45) is 0 Å². The Kier molecular flexibility index (Phi) is 6.14. The molecule has 0 spiro atoms. The van der Waals surface area contributed by atoms with Gasteiger partial charge in [-0.3, -0.25) is 5.32 Å². The first-order valence-corrected chi connectivity index (χ1v) is 12.6. The molecule has 35 heavy (non-hydrogen) atoms. The van der Waals surface area contributed by atoms with Gasteiger partial charge in [0.25, 0.3) is 0 Å². The molecule has 2 aliphatic rings. The SMILES string of the molecule is C=CCCOC(=O)Nc1cc2c3c(c1)[C@@](C)(c1ccccc1)CCN3CC[C@@]2(C)c1ccccc1. The second-order valence-corrected chi connectivity index (χ2v) is 10.1. The topological polar surface area (TPSA) is 41.6 Å². The van der Waals surface area contributed by atoms with Crippen molar-refractivity contribution >= 4 is 17.5 Å². The minimum absolute atomic E-state index is 0.152. The molecule has 0 aliphatic carbocycles. The van der Waals surface area contributed by atoms with E-state index in [2.05, 4.69) is 103 Å². The summed E-state index contributed by atoms with van der Waals surface area (Å²) in [4.78, 5) is 15.2. The molecule has 180 valence electrons. The minimum atomic E-state index is -0.426. The van der Waals surface area contributed by atoms with Gasteiger partial charge in [0.1, 0.15) is 0 Å². The molecule has 2 aliphatic heterocycles. The predicted octanol–water partition coefficient (Wildman–Crippen LogP) is 7.04. The molecule has 3 aromatic rings. The molecular weight excluding hydrogens is 432 g/mol. The summed E-state index contributed by atoms with van der Waals surface area (Å²) in [6, 6.07) is 25.9. The van der Waals surface area contributed by atoms with Gasteiger partial charge < -0.3 is 9.64 Å². The van der Waals surface area contributed by atoms with Crippen LogP contribution in [0.25, 0.3) is 0 Å². The van der Waals surface area contributed by atoms with E-state index in [1.54, 1.807) is 6.08 Å². The average molecular weight is 467 g/mol. The van der Waals surface area contributed by atoms with Crippen LogP contribution in [0.2, 0.25) is 0 Å². The number of benzene rings is 3. The van der Waals surface area contributed by atoms with E-state index in [1.807, 2.05) is 0 Å². The first kappa shape index (κ1) is 23.2. The molecule has 4 nitrogen and oxygen atoms in total. The van der Waals surface area contributed by atoms with Gasteiger partial charge >= 0.3 is 6.09 Å². The summed E-state index contributed by atoms with van der Waals surface area (Å²) in [6.07, 6.45) is 4.01. The van der Waals surface area contributed by atoms with Gasteiger partial charge in [-0.25, -0.2) is 4.79 Å². The third-order valence-corrected chi connectivity index (χ3v) is 8.00. The maximum absolute atomic E-state index is 12.6. The molecule has 2 atom stereocenters. The van der Waals surface area contributed by atoms with Crippen molar-refractivity contribution in [3.8, 4) is 0 Å². The van der Waals surface area contributed by atoms with Crippen molar-refractivity contribution in [2.45, 2.75) is 43.9 Å². The molecule has 1 N–H and O–H groups in total. The predicted molar refractivity (Wildman–Crippen MR) is 143 cm³/mol. The van der Waals surface area contributed by atoms with Gasteiger partial charge in [0.2, 0.25) is 0 Å². The lowest BCUT2D eigenvalue weighted by atomic mass is 9.64. The number of rotatable bonds is 6. The second-order valence-electron chi connectivity index (χ2n) is 10.1. The quantitative estimate of drug-likeness (QED) is 0.313. The Hall–Kier alpha value is -3.53. The Bertz CT molecular complexity index is 1140. The lowest BCUT2D eigenvalue weighted by Gasteiger charge is -2.50. The smallest absolute Gasteiger partial charge is 0.411 e. The number of nitrogens with one attached hydrogen (secondary N) is 1. The fourth-order valence-electron chi connectivity index (χ4n) is 5.81. The second kappa shape index (κ2) is 9.26. The van der Waals surface area contributed by atoms with Gasteiger partial charge in [0.05, 0.1) is 6.61 Å². The van der Waals surface area contributed by atoms with E-state index in [0.29, 0.717) is 13.0 Å². The molecule has 0 fully saturated rings. The molecule has 1 amide bonds. The number of nitrogens with zero attached hydrogens (tertiary/aromatic N) is 1. The summed E-state index contributed by atoms with van der Waals surface area (Å²) in [7, 11) is 0. The molecule has 3 aromatic carbocycles. The van der Waals surface area contributed by atoms with E-state index >= 15 is 0 Å². The summed E-state index contributed by atoms with van der Waals surface area (Å²) in [5, 5.41) is 3.03. The fourth-order valence-corrected chi connectivity index (χ4v) is 5.81. The maximum Gasteiger partial charge on any atom is 0.411 e. The van der Waals surface area contributed by atoms with Crippen LogP contribution in [0.1, 0.15) is 55.4 Å². The van der Waals surface area contributed by atoms with Gasteiger partial charge in [-0.05, 0) is 53.6 Å². The van der Waals surface area contributed by atoms with E-state index in [-0.39, 0.29) is 10.8 Å². The summed E-state index contributed by atoms with van der Waals surface area (Å²) in [6.45, 7) is 10.8. The molecule has 0 bridgehead atoms. The van der Waals surface area contributed by atoms with Crippen LogP contribution in [0.15, 0.2) is 85.5 Å². The standard InChI is InChI=1S/C31H34N2O2/c1-4-5-20-35-29(34)32-25-21-26-28-27(22-25)31(3,24-14-10-7-11-15-24)17-19-33(28)18-16-30(26,2)23-12-8-6-9-13-23/h4,6-15,21-22H,1,5,16-20H2,2-3H3,(H,32,34)/t30-,31+. The number of carbonyl (C=O) groups is 1. The van der Waals surface area contributed by atoms with E-state index in [9.17, 15) is 4.79 Å². The Morgan fingerprint density at radius 2 is 1.46 bits per heavy atom. The van der Waals surface area contributed by atoms with Gasteiger partial charge in [0.15, 0.2) is 0 Å². The highest BCUT2D eigenvalue weighted by atomic mass is 16.5. The summed E-state index contributed by atoms with van der Waals surface area (Å²) in [5.41, 5.74) is 6.97. The maximum atomic E-state index is 12.6. The van der Waals surface area contributed by atoms with E-state index in [0.717, 1.165) is 31.6 Å². The third kappa shape index (κ3) is 4.12. The number of amides is 1. The van der Waals surface area contributed by atoms with Crippen molar-refractivity contribution in [1.29, 1.82) is 0 Å². The molecule has 4 heteroatoms. The largest absolute Gasteiger partial charge is 0.449 e. The molecule has 2 heterocycles. The zero-order chi connectivity index (χ0) is 24.5. The van der Waals surface area contributed by atoms with Crippen LogP contribution in [0.3, 0.4) is 0 Å². The Labute approximate surface area is 208 Å². The normalized spacial score (nSPS) is 22.7. The molecule has 0 aromatic heterocycles. The molecule has 0 saturated carbocycles. The van der Waals surface area contributed by atoms with Crippen LogP contribution >= 0.6 is 0 Å². The average Bonchev–Trinajstić information content (AvgIpc) is 2.89. The van der Waals surface area contributed by atoms with Crippen molar-refractivity contribution in [1.82, 2.24) is 0 Å². The monoisotopic (exact) mass is 466 g/mol. The molecular formula is C31H34N2O2. The molecule has 5 rings (SSSR count).